The quantitative estimate of drug-likeness (QED) is 0.299. The largest absolute Gasteiger partial charge is 0.511 e. The number of carbonyl (C=O) groups is 1. The number of ether oxygens (including phenoxy) is 1. The van der Waals surface area contributed by atoms with Crippen molar-refractivity contribution >= 4 is 40.6 Å². The fourth-order valence-electron chi connectivity index (χ4n) is 3.37. The van der Waals surface area contributed by atoms with Crippen molar-refractivity contribution < 1.29 is 19.7 Å². The first kappa shape index (κ1) is 24.2. The Morgan fingerprint density at radius 3 is 2.62 bits per heavy atom. The number of halogens is 1. The lowest BCUT2D eigenvalue weighted by molar-refractivity contribution is -0.119. The predicted molar refractivity (Wildman–Crippen MR) is 132 cm³/mol. The molecule has 168 valence electrons. The SMILES string of the molecule is C=C/C=C(/SC1=C(O)CC(c2ccc(OCCCO)cc2)(c2ccsc2)NC1=O)C(=C)Cl. The number of allylic oxidation sites excluding steroid dienone is 3. The maximum absolute atomic E-state index is 13.2. The first-order valence-electron chi connectivity index (χ1n) is 9.88. The van der Waals surface area contributed by atoms with Crippen molar-refractivity contribution in [3.8, 4) is 5.75 Å². The number of aliphatic hydroxyl groups excluding tert-OH is 2. The molecule has 0 bridgehead atoms. The lowest BCUT2D eigenvalue weighted by Crippen LogP contribution is -2.50. The van der Waals surface area contributed by atoms with Crippen LogP contribution in [0.15, 0.2) is 87.0 Å². The van der Waals surface area contributed by atoms with Gasteiger partial charge in [0.05, 0.1) is 12.1 Å². The van der Waals surface area contributed by atoms with Crippen molar-refractivity contribution in [1.82, 2.24) is 5.32 Å². The van der Waals surface area contributed by atoms with Gasteiger partial charge in [-0.25, -0.2) is 0 Å². The summed E-state index contributed by atoms with van der Waals surface area (Å²) in [4.78, 5) is 13.9. The number of carbonyl (C=O) groups excluding carboxylic acids is 1. The average molecular weight is 490 g/mol. The van der Waals surface area contributed by atoms with Crippen molar-refractivity contribution in [3.63, 3.8) is 0 Å². The fraction of sp³-hybridized carbons (Fsp3) is 0.208. The predicted octanol–water partition coefficient (Wildman–Crippen LogP) is 5.60. The standard InChI is InChI=1S/C24H24ClNO4S2/c1-3-5-21(16(2)25)32-22-20(28)14-24(26-23(22)29,18-10-13-31-15-18)17-6-8-19(9-7-17)30-12-4-11-27/h3,5-10,13,15,27-28H,1-2,4,11-12,14H2,(H,26,29)/b21-5+. The van der Waals surface area contributed by atoms with Crippen LogP contribution < -0.4 is 10.1 Å². The van der Waals surface area contributed by atoms with Crippen molar-refractivity contribution in [3.05, 3.63) is 98.1 Å². The van der Waals surface area contributed by atoms with E-state index in [9.17, 15) is 9.90 Å². The monoisotopic (exact) mass is 489 g/mol. The summed E-state index contributed by atoms with van der Waals surface area (Å²) in [5, 5.41) is 27.1. The van der Waals surface area contributed by atoms with Crippen molar-refractivity contribution in [2.75, 3.05) is 13.2 Å². The Kier molecular flexibility index (Phi) is 8.26. The molecule has 1 atom stereocenters. The first-order valence-corrected chi connectivity index (χ1v) is 12.0. The number of rotatable bonds is 10. The highest BCUT2D eigenvalue weighted by Crippen LogP contribution is 2.44. The molecule has 0 saturated heterocycles. The summed E-state index contributed by atoms with van der Waals surface area (Å²) in [6, 6.07) is 9.33. The highest BCUT2D eigenvalue weighted by Gasteiger charge is 2.43. The molecule has 1 unspecified atom stereocenters. The zero-order chi connectivity index (χ0) is 23.1. The summed E-state index contributed by atoms with van der Waals surface area (Å²) in [6.07, 6.45) is 3.92. The Labute approximate surface area is 200 Å². The maximum atomic E-state index is 13.2. The lowest BCUT2D eigenvalue weighted by atomic mass is 9.79. The summed E-state index contributed by atoms with van der Waals surface area (Å²) in [5.41, 5.74) is 0.775. The van der Waals surface area contributed by atoms with Gasteiger partial charge in [0.2, 0.25) is 0 Å². The highest BCUT2D eigenvalue weighted by molar-refractivity contribution is 8.07. The molecule has 0 radical (unpaired) electrons. The van der Waals surface area contributed by atoms with Crippen LogP contribution in [0.2, 0.25) is 0 Å². The Hall–Kier alpha value is -2.45. The molecule has 3 N–H and O–H groups in total. The summed E-state index contributed by atoms with van der Waals surface area (Å²) in [7, 11) is 0. The minimum absolute atomic E-state index is 0.0268. The number of nitrogens with one attached hydrogen (secondary N) is 1. The molecule has 5 nitrogen and oxygen atoms in total. The van der Waals surface area contributed by atoms with Crippen molar-refractivity contribution in [2.45, 2.75) is 18.4 Å². The number of hydrogen-bond acceptors (Lipinski definition) is 6. The third-order valence-corrected chi connectivity index (χ3v) is 7.14. The molecule has 1 aromatic carbocycles. The van der Waals surface area contributed by atoms with Crippen LogP contribution in [0.5, 0.6) is 5.75 Å². The Morgan fingerprint density at radius 2 is 2.06 bits per heavy atom. The van der Waals surface area contributed by atoms with E-state index in [0.717, 1.165) is 22.9 Å². The highest BCUT2D eigenvalue weighted by atomic mass is 35.5. The lowest BCUT2D eigenvalue weighted by Gasteiger charge is -2.38. The van der Waals surface area contributed by atoms with E-state index in [2.05, 4.69) is 18.5 Å². The molecular weight excluding hydrogens is 466 g/mol. The van der Waals surface area contributed by atoms with Gasteiger partial charge in [-0.2, -0.15) is 11.3 Å². The Bertz CT molecular complexity index is 1040. The zero-order valence-corrected chi connectivity index (χ0v) is 19.7. The summed E-state index contributed by atoms with van der Waals surface area (Å²) >= 11 is 8.61. The molecule has 2 aromatic rings. The second kappa shape index (κ2) is 10.9. The minimum atomic E-state index is -0.921. The van der Waals surface area contributed by atoms with E-state index < -0.39 is 11.4 Å². The Balaban J connectivity index is 1.97. The molecule has 1 aliphatic heterocycles. The first-order chi connectivity index (χ1) is 15.4. The number of benzene rings is 1. The van der Waals surface area contributed by atoms with Crippen LogP contribution in [0, 0.1) is 0 Å². The van der Waals surface area contributed by atoms with E-state index in [1.54, 1.807) is 12.2 Å². The average Bonchev–Trinajstić information content (AvgIpc) is 3.31. The van der Waals surface area contributed by atoms with Crippen LogP contribution in [0.3, 0.4) is 0 Å². The van der Waals surface area contributed by atoms with E-state index in [0.29, 0.717) is 23.7 Å². The summed E-state index contributed by atoms with van der Waals surface area (Å²) < 4.78 is 5.62. The van der Waals surface area contributed by atoms with Crippen molar-refractivity contribution in [2.24, 2.45) is 0 Å². The van der Waals surface area contributed by atoms with Crippen LogP contribution >= 0.6 is 34.7 Å². The van der Waals surface area contributed by atoms with Gasteiger partial charge in [0.25, 0.3) is 5.91 Å². The molecule has 2 heterocycles. The van der Waals surface area contributed by atoms with E-state index in [1.807, 2.05) is 41.1 Å². The van der Waals surface area contributed by atoms with Crippen LogP contribution in [0.1, 0.15) is 24.0 Å². The van der Waals surface area contributed by atoms with Gasteiger partial charge in [0.15, 0.2) is 0 Å². The minimum Gasteiger partial charge on any atom is -0.511 e. The summed E-state index contributed by atoms with van der Waals surface area (Å²) in [5.74, 6) is 0.239. The van der Waals surface area contributed by atoms with E-state index in [4.69, 9.17) is 21.4 Å². The third kappa shape index (κ3) is 5.30. The van der Waals surface area contributed by atoms with E-state index in [-0.39, 0.29) is 28.7 Å². The second-order valence-electron chi connectivity index (χ2n) is 7.05. The number of thioether (sulfide) groups is 1. The zero-order valence-electron chi connectivity index (χ0n) is 17.3. The van der Waals surface area contributed by atoms with Crippen molar-refractivity contribution in [1.29, 1.82) is 0 Å². The number of aliphatic hydroxyl groups is 2. The molecule has 0 aliphatic carbocycles. The van der Waals surface area contributed by atoms with Gasteiger partial charge in [0, 0.05) is 29.4 Å². The molecule has 0 fully saturated rings. The molecular formula is C24H24ClNO4S2. The van der Waals surface area contributed by atoms with Gasteiger partial charge in [-0.05, 0) is 46.2 Å². The Morgan fingerprint density at radius 1 is 1.31 bits per heavy atom. The van der Waals surface area contributed by atoms with Gasteiger partial charge >= 0.3 is 0 Å². The number of amides is 1. The smallest absolute Gasteiger partial charge is 0.262 e. The molecule has 32 heavy (non-hydrogen) atoms. The number of thiophene rings is 1. The maximum Gasteiger partial charge on any atom is 0.262 e. The van der Waals surface area contributed by atoms with Gasteiger partial charge < -0.3 is 20.3 Å². The fourth-order valence-corrected chi connectivity index (χ4v) is 5.11. The molecule has 0 saturated carbocycles. The van der Waals surface area contributed by atoms with E-state index >= 15 is 0 Å². The summed E-state index contributed by atoms with van der Waals surface area (Å²) in [6.45, 7) is 7.84. The molecule has 0 spiro atoms. The topological polar surface area (TPSA) is 78.8 Å². The number of hydrogen-bond donors (Lipinski definition) is 3. The van der Waals surface area contributed by atoms with Gasteiger partial charge in [-0.3, -0.25) is 4.79 Å². The van der Waals surface area contributed by atoms with Gasteiger partial charge in [-0.15, -0.1) is 0 Å². The molecule has 1 amide bonds. The molecule has 3 rings (SSSR count). The van der Waals surface area contributed by atoms with Crippen LogP contribution in [0.4, 0.5) is 0 Å². The van der Waals surface area contributed by atoms with Gasteiger partial charge in [0.1, 0.15) is 16.4 Å². The van der Waals surface area contributed by atoms with Crippen LogP contribution in [-0.2, 0) is 10.3 Å². The van der Waals surface area contributed by atoms with Crippen LogP contribution in [-0.4, -0.2) is 29.3 Å². The molecule has 1 aromatic heterocycles. The second-order valence-corrected chi connectivity index (χ2v) is 9.34. The normalized spacial score (nSPS) is 18.9. The molecule has 8 heteroatoms. The van der Waals surface area contributed by atoms with Crippen LogP contribution in [0.25, 0.3) is 0 Å². The molecule has 1 aliphatic rings. The third-order valence-electron chi connectivity index (χ3n) is 4.91. The van der Waals surface area contributed by atoms with Gasteiger partial charge in [-0.1, -0.05) is 54.7 Å². The van der Waals surface area contributed by atoms with E-state index in [1.165, 1.54) is 11.3 Å².